The third kappa shape index (κ3) is 2.21. The molecule has 0 radical (unpaired) electrons. The van der Waals surface area contributed by atoms with Crippen LogP contribution in [0.4, 0.5) is 5.69 Å². The summed E-state index contributed by atoms with van der Waals surface area (Å²) in [4.78, 5) is 3.86. The fourth-order valence-corrected chi connectivity index (χ4v) is 1.22. The van der Waals surface area contributed by atoms with E-state index in [9.17, 15) is 0 Å². The molecule has 0 aliphatic carbocycles. The van der Waals surface area contributed by atoms with Crippen LogP contribution in [0.15, 0.2) is 21.8 Å². The van der Waals surface area contributed by atoms with E-state index in [1.54, 1.807) is 18.4 Å². The SMILES string of the molecule is CN=C(NN)Nc1ccsc1. The fourth-order valence-electron chi connectivity index (χ4n) is 0.629. The van der Waals surface area contributed by atoms with Crippen molar-refractivity contribution in [3.63, 3.8) is 0 Å². The Balaban J connectivity index is 2.55. The average molecular weight is 170 g/mol. The maximum absolute atomic E-state index is 5.16. The summed E-state index contributed by atoms with van der Waals surface area (Å²) < 4.78 is 0. The molecule has 0 aliphatic rings. The van der Waals surface area contributed by atoms with E-state index < -0.39 is 0 Å². The minimum Gasteiger partial charge on any atom is -0.325 e. The number of hydrogen-bond donors (Lipinski definition) is 3. The first-order valence-electron chi connectivity index (χ1n) is 3.09. The summed E-state index contributed by atoms with van der Waals surface area (Å²) in [5.74, 6) is 5.72. The van der Waals surface area contributed by atoms with Crippen molar-refractivity contribution < 1.29 is 0 Å². The zero-order valence-corrected chi connectivity index (χ0v) is 6.98. The maximum atomic E-state index is 5.16. The molecule has 0 saturated carbocycles. The highest BCUT2D eigenvalue weighted by Gasteiger charge is 1.94. The number of nitrogens with two attached hydrogens (primary N) is 1. The molecular formula is C6H10N4S. The molecule has 0 spiro atoms. The van der Waals surface area contributed by atoms with Crippen molar-refractivity contribution in [2.75, 3.05) is 12.4 Å². The van der Waals surface area contributed by atoms with Crippen LogP contribution < -0.4 is 16.6 Å². The number of nitrogens with zero attached hydrogens (tertiary/aromatic N) is 1. The monoisotopic (exact) mass is 170 g/mol. The van der Waals surface area contributed by atoms with Crippen LogP contribution in [0.25, 0.3) is 0 Å². The van der Waals surface area contributed by atoms with Gasteiger partial charge in [0.1, 0.15) is 0 Å². The predicted octanol–water partition coefficient (Wildman–Crippen LogP) is 0.609. The number of guanidine groups is 1. The number of thiophene rings is 1. The quantitative estimate of drug-likeness (QED) is 0.250. The Morgan fingerprint density at radius 1 is 1.73 bits per heavy atom. The second-order valence-electron chi connectivity index (χ2n) is 1.85. The minimum atomic E-state index is 0.559. The van der Waals surface area contributed by atoms with E-state index in [-0.39, 0.29) is 0 Å². The Labute approximate surface area is 69.1 Å². The number of aliphatic imine (C=N–C) groups is 1. The third-order valence-electron chi connectivity index (χ3n) is 1.14. The second kappa shape index (κ2) is 3.95. The normalized spacial score (nSPS) is 11.3. The average Bonchev–Trinajstić information content (AvgIpc) is 2.52. The molecule has 0 amide bonds. The van der Waals surface area contributed by atoms with E-state index in [1.165, 1.54) is 0 Å². The molecule has 0 bridgehead atoms. The summed E-state index contributed by atoms with van der Waals surface area (Å²) in [6.07, 6.45) is 0. The van der Waals surface area contributed by atoms with E-state index in [4.69, 9.17) is 5.84 Å². The van der Waals surface area contributed by atoms with Gasteiger partial charge in [-0.3, -0.25) is 10.4 Å². The van der Waals surface area contributed by atoms with Gasteiger partial charge < -0.3 is 5.32 Å². The first-order valence-corrected chi connectivity index (χ1v) is 4.03. The number of anilines is 1. The minimum absolute atomic E-state index is 0.559. The highest BCUT2D eigenvalue weighted by Crippen LogP contribution is 2.10. The van der Waals surface area contributed by atoms with Gasteiger partial charge in [0.05, 0.1) is 5.69 Å². The van der Waals surface area contributed by atoms with Crippen molar-refractivity contribution in [3.8, 4) is 0 Å². The van der Waals surface area contributed by atoms with Gasteiger partial charge in [0.2, 0.25) is 5.96 Å². The number of hydrogen-bond acceptors (Lipinski definition) is 3. The van der Waals surface area contributed by atoms with Gasteiger partial charge in [-0.15, -0.1) is 0 Å². The Bertz CT molecular complexity index is 229. The van der Waals surface area contributed by atoms with Gasteiger partial charge in [-0.25, -0.2) is 5.84 Å². The summed E-state index contributed by atoms with van der Waals surface area (Å²) in [5.41, 5.74) is 3.43. The lowest BCUT2D eigenvalue weighted by molar-refractivity contribution is 1.01. The van der Waals surface area contributed by atoms with Crippen LogP contribution in [0.2, 0.25) is 0 Å². The lowest BCUT2D eigenvalue weighted by Gasteiger charge is -2.04. The molecule has 0 aromatic carbocycles. The Kier molecular flexibility index (Phi) is 2.88. The third-order valence-corrected chi connectivity index (χ3v) is 1.83. The summed E-state index contributed by atoms with van der Waals surface area (Å²) in [6.45, 7) is 0. The van der Waals surface area contributed by atoms with Crippen LogP contribution in [0.5, 0.6) is 0 Å². The van der Waals surface area contributed by atoms with Crippen LogP contribution in [0.3, 0.4) is 0 Å². The largest absolute Gasteiger partial charge is 0.325 e. The summed E-state index contributed by atoms with van der Waals surface area (Å²) in [6, 6.07) is 1.95. The molecule has 1 aromatic heterocycles. The molecule has 0 fully saturated rings. The van der Waals surface area contributed by atoms with E-state index in [2.05, 4.69) is 15.7 Å². The smallest absolute Gasteiger partial charge is 0.210 e. The Morgan fingerprint density at radius 3 is 3.00 bits per heavy atom. The van der Waals surface area contributed by atoms with Gasteiger partial charge in [-0.2, -0.15) is 11.3 Å². The van der Waals surface area contributed by atoms with E-state index in [0.717, 1.165) is 5.69 Å². The molecule has 0 unspecified atom stereocenters. The second-order valence-corrected chi connectivity index (χ2v) is 2.63. The predicted molar refractivity (Wildman–Crippen MR) is 48.6 cm³/mol. The molecule has 0 atom stereocenters. The molecular weight excluding hydrogens is 160 g/mol. The summed E-state index contributed by atoms with van der Waals surface area (Å²) in [5, 5.41) is 6.94. The molecule has 5 heteroatoms. The van der Waals surface area contributed by atoms with Crippen LogP contribution >= 0.6 is 11.3 Å². The van der Waals surface area contributed by atoms with Crippen molar-refractivity contribution in [1.82, 2.24) is 5.43 Å². The van der Waals surface area contributed by atoms with Crippen LogP contribution in [0, 0.1) is 0 Å². The van der Waals surface area contributed by atoms with Crippen LogP contribution in [0.1, 0.15) is 0 Å². The molecule has 11 heavy (non-hydrogen) atoms. The van der Waals surface area contributed by atoms with Crippen LogP contribution in [-0.4, -0.2) is 13.0 Å². The first kappa shape index (κ1) is 8.03. The summed E-state index contributed by atoms with van der Waals surface area (Å²) >= 11 is 1.62. The standard InChI is InChI=1S/C6H10N4S/c1-8-6(10-7)9-5-2-3-11-4-5/h2-4H,7H2,1H3,(H2,8,9,10). The Hall–Kier alpha value is -1.07. The van der Waals surface area contributed by atoms with Crippen molar-refractivity contribution in [2.45, 2.75) is 0 Å². The highest BCUT2D eigenvalue weighted by atomic mass is 32.1. The highest BCUT2D eigenvalue weighted by molar-refractivity contribution is 7.08. The molecule has 4 N–H and O–H groups in total. The number of hydrazine groups is 1. The zero-order chi connectivity index (χ0) is 8.10. The molecule has 0 saturated heterocycles. The van der Waals surface area contributed by atoms with Crippen LogP contribution in [-0.2, 0) is 0 Å². The number of rotatable bonds is 1. The van der Waals surface area contributed by atoms with Crippen molar-refractivity contribution in [1.29, 1.82) is 0 Å². The van der Waals surface area contributed by atoms with Gasteiger partial charge in [0.15, 0.2) is 0 Å². The molecule has 1 aromatic rings. The van der Waals surface area contributed by atoms with Gasteiger partial charge >= 0.3 is 0 Å². The van der Waals surface area contributed by atoms with Gasteiger partial charge in [-0.1, -0.05) is 0 Å². The van der Waals surface area contributed by atoms with E-state index >= 15 is 0 Å². The molecule has 4 nitrogen and oxygen atoms in total. The van der Waals surface area contributed by atoms with E-state index in [1.807, 2.05) is 16.8 Å². The maximum Gasteiger partial charge on any atom is 0.210 e. The lowest BCUT2D eigenvalue weighted by Crippen LogP contribution is -2.35. The van der Waals surface area contributed by atoms with Crippen molar-refractivity contribution in [3.05, 3.63) is 16.8 Å². The Morgan fingerprint density at radius 2 is 2.55 bits per heavy atom. The molecule has 1 heterocycles. The fraction of sp³-hybridized carbons (Fsp3) is 0.167. The van der Waals surface area contributed by atoms with Gasteiger partial charge in [-0.05, 0) is 11.4 Å². The molecule has 1 rings (SSSR count). The number of nitrogens with one attached hydrogen (secondary N) is 2. The first-order chi connectivity index (χ1) is 5.36. The topological polar surface area (TPSA) is 62.4 Å². The molecule has 0 aliphatic heterocycles. The molecule has 60 valence electrons. The van der Waals surface area contributed by atoms with Gasteiger partial charge in [0, 0.05) is 12.4 Å². The van der Waals surface area contributed by atoms with Gasteiger partial charge in [0.25, 0.3) is 0 Å². The lowest BCUT2D eigenvalue weighted by atomic mass is 10.5. The van der Waals surface area contributed by atoms with E-state index in [0.29, 0.717) is 5.96 Å². The summed E-state index contributed by atoms with van der Waals surface area (Å²) in [7, 11) is 1.66. The van der Waals surface area contributed by atoms with Crippen molar-refractivity contribution >= 4 is 23.0 Å². The zero-order valence-electron chi connectivity index (χ0n) is 6.16. The van der Waals surface area contributed by atoms with Crippen molar-refractivity contribution in [2.24, 2.45) is 10.8 Å².